The van der Waals surface area contributed by atoms with Gasteiger partial charge in [0.2, 0.25) is 0 Å². The maximum Gasteiger partial charge on any atom is 0.257 e. The molecule has 1 amide bonds. The van der Waals surface area contributed by atoms with E-state index in [9.17, 15) is 4.79 Å². The molecular weight excluding hydrogens is 362 g/mol. The van der Waals surface area contributed by atoms with E-state index in [2.05, 4.69) is 18.9 Å². The molecule has 1 aliphatic rings. The smallest absolute Gasteiger partial charge is 0.257 e. The molecule has 134 valence electrons. The number of rotatable bonds is 3. The molecule has 5 rings (SSSR count). The van der Waals surface area contributed by atoms with Crippen LogP contribution in [-0.2, 0) is 0 Å². The van der Waals surface area contributed by atoms with Crippen LogP contribution in [0.15, 0.2) is 53.1 Å². The van der Waals surface area contributed by atoms with Crippen molar-refractivity contribution in [3.63, 3.8) is 0 Å². The Morgan fingerprint density at radius 1 is 1.11 bits per heavy atom. The van der Waals surface area contributed by atoms with Gasteiger partial charge in [-0.1, -0.05) is 23.4 Å². The summed E-state index contributed by atoms with van der Waals surface area (Å²) in [5.41, 5.74) is 3.10. The molecule has 1 atom stereocenters. The van der Waals surface area contributed by atoms with Gasteiger partial charge in [-0.2, -0.15) is 13.7 Å². The number of benzene rings is 2. The highest BCUT2D eigenvalue weighted by atomic mass is 32.1. The second-order valence-corrected chi connectivity index (χ2v) is 7.06. The number of hydrogen-bond acceptors (Lipinski definition) is 7. The molecule has 0 saturated carbocycles. The lowest BCUT2D eigenvalue weighted by Gasteiger charge is -2.15. The van der Waals surface area contributed by atoms with Crippen molar-refractivity contribution >= 4 is 28.7 Å². The topological polar surface area (TPSA) is 85.0 Å². The van der Waals surface area contributed by atoms with Gasteiger partial charge in [0.15, 0.2) is 5.82 Å². The van der Waals surface area contributed by atoms with Crippen molar-refractivity contribution in [2.75, 3.05) is 13.1 Å². The molecule has 0 aliphatic carbocycles. The highest BCUT2D eigenvalue weighted by molar-refractivity contribution is 7.00. The normalized spacial score (nSPS) is 16.9. The van der Waals surface area contributed by atoms with Gasteiger partial charge >= 0.3 is 0 Å². The van der Waals surface area contributed by atoms with E-state index in [4.69, 9.17) is 4.52 Å². The average molecular weight is 377 g/mol. The van der Waals surface area contributed by atoms with Crippen LogP contribution in [-0.4, -0.2) is 42.8 Å². The highest BCUT2D eigenvalue weighted by Gasteiger charge is 2.31. The van der Waals surface area contributed by atoms with Crippen LogP contribution in [0, 0.1) is 0 Å². The first-order chi connectivity index (χ1) is 13.3. The molecule has 4 aromatic rings. The van der Waals surface area contributed by atoms with E-state index >= 15 is 0 Å². The molecule has 2 aromatic heterocycles. The number of carbonyl (C=O) groups is 1. The Balaban J connectivity index is 1.32. The van der Waals surface area contributed by atoms with Crippen molar-refractivity contribution in [3.05, 3.63) is 59.9 Å². The van der Waals surface area contributed by atoms with Crippen LogP contribution in [0.3, 0.4) is 0 Å². The van der Waals surface area contributed by atoms with Gasteiger partial charge in [-0.25, -0.2) is 0 Å². The fraction of sp³-hybridized carbons (Fsp3) is 0.211. The average Bonchev–Trinajstić information content (AvgIpc) is 3.47. The maximum atomic E-state index is 12.8. The molecule has 0 radical (unpaired) electrons. The molecule has 1 saturated heterocycles. The third-order valence-electron chi connectivity index (χ3n) is 4.80. The summed E-state index contributed by atoms with van der Waals surface area (Å²) < 4.78 is 13.8. The lowest BCUT2D eigenvalue weighted by molar-refractivity contribution is 0.0790. The number of fused-ring (bicyclic) bond motifs is 1. The molecule has 0 N–H and O–H groups in total. The van der Waals surface area contributed by atoms with Gasteiger partial charge in [0, 0.05) is 30.1 Å². The van der Waals surface area contributed by atoms with Gasteiger partial charge in [-0.3, -0.25) is 4.79 Å². The summed E-state index contributed by atoms with van der Waals surface area (Å²) in [5, 5.41) is 4.13. The first-order valence-corrected chi connectivity index (χ1v) is 9.41. The molecule has 1 aliphatic heterocycles. The standard InChI is InChI=1S/C19H15N5O2S/c25-19(13-6-7-15-16(10-13)23-27-22-15)24-9-8-14(11-24)17-20-18(26-21-17)12-4-2-1-3-5-12/h1-7,10,14H,8-9,11H2/t14-/m1/s1. The van der Waals surface area contributed by atoms with Crippen molar-refractivity contribution in [1.29, 1.82) is 0 Å². The zero-order valence-electron chi connectivity index (χ0n) is 14.3. The van der Waals surface area contributed by atoms with Crippen molar-refractivity contribution in [2.24, 2.45) is 0 Å². The third kappa shape index (κ3) is 2.97. The summed E-state index contributed by atoms with van der Waals surface area (Å²) in [5.74, 6) is 1.25. The van der Waals surface area contributed by atoms with Crippen molar-refractivity contribution in [3.8, 4) is 11.5 Å². The predicted octanol–water partition coefficient (Wildman–Crippen LogP) is 3.37. The Bertz CT molecular complexity index is 1110. The van der Waals surface area contributed by atoms with Gasteiger partial charge in [0.05, 0.1) is 11.7 Å². The lowest BCUT2D eigenvalue weighted by Crippen LogP contribution is -2.28. The Morgan fingerprint density at radius 2 is 1.96 bits per heavy atom. The van der Waals surface area contributed by atoms with E-state index in [0.29, 0.717) is 30.4 Å². The highest BCUT2D eigenvalue weighted by Crippen LogP contribution is 2.28. The third-order valence-corrected chi connectivity index (χ3v) is 5.36. The summed E-state index contributed by atoms with van der Waals surface area (Å²) in [6.45, 7) is 1.26. The number of likely N-dealkylation sites (tertiary alicyclic amines) is 1. The van der Waals surface area contributed by atoms with Crippen LogP contribution < -0.4 is 0 Å². The quantitative estimate of drug-likeness (QED) is 0.544. The number of amides is 1. The Kier molecular flexibility index (Phi) is 3.90. The second-order valence-electron chi connectivity index (χ2n) is 6.53. The van der Waals surface area contributed by atoms with Crippen LogP contribution >= 0.6 is 11.7 Å². The monoisotopic (exact) mass is 377 g/mol. The second kappa shape index (κ2) is 6.55. The number of aromatic nitrogens is 4. The Labute approximate surface area is 159 Å². The summed E-state index contributed by atoms with van der Waals surface area (Å²) in [6, 6.07) is 15.1. The fourth-order valence-corrected chi connectivity index (χ4v) is 3.87. The van der Waals surface area contributed by atoms with E-state index in [1.165, 1.54) is 0 Å². The Hall–Kier alpha value is -3.13. The van der Waals surface area contributed by atoms with E-state index < -0.39 is 0 Å². The van der Waals surface area contributed by atoms with Gasteiger partial charge in [-0.15, -0.1) is 0 Å². The van der Waals surface area contributed by atoms with Crippen LogP contribution in [0.25, 0.3) is 22.5 Å². The summed E-state index contributed by atoms with van der Waals surface area (Å²) in [4.78, 5) is 19.2. The molecule has 8 heteroatoms. The van der Waals surface area contributed by atoms with Crippen molar-refractivity contribution in [2.45, 2.75) is 12.3 Å². The largest absolute Gasteiger partial charge is 0.338 e. The lowest BCUT2D eigenvalue weighted by atomic mass is 10.1. The van der Waals surface area contributed by atoms with Gasteiger partial charge < -0.3 is 9.42 Å². The molecule has 27 heavy (non-hydrogen) atoms. The molecular formula is C19H15N5O2S. The predicted molar refractivity (Wildman–Crippen MR) is 100 cm³/mol. The molecule has 2 aromatic carbocycles. The summed E-state index contributed by atoms with van der Waals surface area (Å²) in [6.07, 6.45) is 0.819. The molecule has 0 bridgehead atoms. The molecule has 0 unspecified atom stereocenters. The van der Waals surface area contributed by atoms with Crippen molar-refractivity contribution in [1.82, 2.24) is 23.8 Å². The first kappa shape index (κ1) is 16.1. The van der Waals surface area contributed by atoms with Crippen molar-refractivity contribution < 1.29 is 9.32 Å². The molecule has 1 fully saturated rings. The van der Waals surface area contributed by atoms with E-state index in [1.54, 1.807) is 12.1 Å². The first-order valence-electron chi connectivity index (χ1n) is 8.68. The maximum absolute atomic E-state index is 12.8. The minimum Gasteiger partial charge on any atom is -0.338 e. The van der Waals surface area contributed by atoms with Crippen LogP contribution in [0.5, 0.6) is 0 Å². The van der Waals surface area contributed by atoms with Crippen LogP contribution in [0.1, 0.15) is 28.5 Å². The van der Waals surface area contributed by atoms with Gasteiger partial charge in [0.25, 0.3) is 11.8 Å². The summed E-state index contributed by atoms with van der Waals surface area (Å²) >= 11 is 1.15. The molecule has 0 spiro atoms. The van der Waals surface area contributed by atoms with Crippen LogP contribution in [0.4, 0.5) is 0 Å². The van der Waals surface area contributed by atoms with Gasteiger partial charge in [-0.05, 0) is 36.8 Å². The Morgan fingerprint density at radius 3 is 2.85 bits per heavy atom. The minimum atomic E-state index is -0.000761. The summed E-state index contributed by atoms with van der Waals surface area (Å²) in [7, 11) is 0. The SMILES string of the molecule is O=C(c1ccc2nsnc2c1)N1CC[C@@H](c2noc(-c3ccccc3)n2)C1. The van der Waals surface area contributed by atoms with Crippen LogP contribution in [0.2, 0.25) is 0 Å². The molecule has 7 nitrogen and oxygen atoms in total. The molecule has 3 heterocycles. The minimum absolute atomic E-state index is 0.000761. The number of hydrogen-bond donors (Lipinski definition) is 0. The number of carbonyl (C=O) groups excluding carboxylic acids is 1. The fourth-order valence-electron chi connectivity index (χ4n) is 3.35. The van der Waals surface area contributed by atoms with E-state index in [-0.39, 0.29) is 11.8 Å². The van der Waals surface area contributed by atoms with E-state index in [1.807, 2.05) is 41.3 Å². The zero-order valence-corrected chi connectivity index (χ0v) is 15.1. The number of nitrogens with zero attached hydrogens (tertiary/aromatic N) is 5. The van der Waals surface area contributed by atoms with Gasteiger partial charge in [0.1, 0.15) is 11.0 Å². The van der Waals surface area contributed by atoms with E-state index in [0.717, 1.165) is 34.7 Å². The zero-order chi connectivity index (χ0) is 18.2.